The number of aromatic hydroxyl groups is 1. The van der Waals surface area contributed by atoms with Gasteiger partial charge >= 0.3 is 0 Å². The fraction of sp³-hybridized carbons (Fsp3) is 0.0455. The number of nitrogens with zero attached hydrogens (tertiary/aromatic N) is 3. The van der Waals surface area contributed by atoms with Crippen molar-refractivity contribution in [2.45, 2.75) is 0 Å². The lowest BCUT2D eigenvalue weighted by molar-refractivity contribution is 0.416. The van der Waals surface area contributed by atoms with Crippen LogP contribution in [0.2, 0.25) is 0 Å². The van der Waals surface area contributed by atoms with Crippen LogP contribution in [0.1, 0.15) is 5.56 Å². The molecule has 0 radical (unpaired) electrons. The largest absolute Gasteiger partial charge is 0.494 e. The Hall–Kier alpha value is -3.93. The predicted molar refractivity (Wildman–Crippen MR) is 109 cm³/mol. The molecule has 2 aromatic carbocycles. The van der Waals surface area contributed by atoms with Crippen molar-refractivity contribution in [2.24, 2.45) is 4.99 Å². The third-order valence-corrected chi connectivity index (χ3v) is 4.40. The van der Waals surface area contributed by atoms with E-state index in [0.29, 0.717) is 33.6 Å². The lowest BCUT2D eigenvalue weighted by atomic mass is 10.1. The minimum Gasteiger partial charge on any atom is -0.494 e. The van der Waals surface area contributed by atoms with Gasteiger partial charge in [0.15, 0.2) is 0 Å². The topological polar surface area (TPSA) is 76.7 Å². The van der Waals surface area contributed by atoms with Crippen LogP contribution in [0.5, 0.6) is 11.6 Å². The normalized spacial score (nSPS) is 11.2. The maximum atomic E-state index is 13.0. The fourth-order valence-electron chi connectivity index (χ4n) is 3.06. The first-order valence-corrected chi connectivity index (χ1v) is 8.66. The molecule has 138 valence electrons. The second kappa shape index (κ2) is 7.36. The highest BCUT2D eigenvalue weighted by Gasteiger charge is 2.16. The molecule has 0 amide bonds. The van der Waals surface area contributed by atoms with Crippen LogP contribution in [0, 0.1) is 0 Å². The van der Waals surface area contributed by atoms with Gasteiger partial charge in [0.2, 0.25) is 5.88 Å². The number of benzene rings is 2. The highest BCUT2D eigenvalue weighted by molar-refractivity contribution is 6.02. The molecule has 2 heterocycles. The molecule has 0 aliphatic carbocycles. The van der Waals surface area contributed by atoms with Crippen molar-refractivity contribution in [1.82, 2.24) is 9.55 Å². The monoisotopic (exact) mass is 371 g/mol. The van der Waals surface area contributed by atoms with Gasteiger partial charge in [0.1, 0.15) is 17.3 Å². The van der Waals surface area contributed by atoms with Crippen molar-refractivity contribution in [3.05, 3.63) is 88.8 Å². The van der Waals surface area contributed by atoms with E-state index in [9.17, 15) is 9.90 Å². The minimum absolute atomic E-state index is 0.221. The Bertz CT molecular complexity index is 1230. The van der Waals surface area contributed by atoms with Gasteiger partial charge in [-0.2, -0.15) is 0 Å². The van der Waals surface area contributed by atoms with E-state index >= 15 is 0 Å². The van der Waals surface area contributed by atoms with Crippen LogP contribution in [-0.4, -0.2) is 28.0 Å². The summed E-state index contributed by atoms with van der Waals surface area (Å²) in [6.45, 7) is 0. The molecule has 0 bridgehead atoms. The van der Waals surface area contributed by atoms with Crippen molar-refractivity contribution in [3.8, 4) is 17.4 Å². The van der Waals surface area contributed by atoms with Gasteiger partial charge in [0.05, 0.1) is 12.7 Å². The maximum Gasteiger partial charge on any atom is 0.267 e. The Morgan fingerprint density at radius 1 is 1.00 bits per heavy atom. The number of pyridine rings is 2. The first kappa shape index (κ1) is 17.5. The van der Waals surface area contributed by atoms with Crippen LogP contribution in [0.4, 0.5) is 5.69 Å². The highest BCUT2D eigenvalue weighted by atomic mass is 16.5. The highest BCUT2D eigenvalue weighted by Crippen LogP contribution is 2.29. The molecular formula is C22H17N3O3. The number of rotatable bonds is 4. The standard InChI is InChI=1S/C22H17N3O3/c1-28-19-11-5-4-10-18(19)24-14-17-15-8-2-3-9-16(15)21(26)25(22(17)27)20-12-6-7-13-23-20/h2-14,27H,1H3. The molecule has 0 aliphatic rings. The zero-order chi connectivity index (χ0) is 19.5. The molecule has 0 aliphatic heterocycles. The van der Waals surface area contributed by atoms with Crippen LogP contribution in [0.15, 0.2) is 82.7 Å². The summed E-state index contributed by atoms with van der Waals surface area (Å²) >= 11 is 0. The zero-order valence-corrected chi connectivity index (χ0v) is 15.1. The van der Waals surface area contributed by atoms with Gasteiger partial charge in [-0.25, -0.2) is 9.55 Å². The van der Waals surface area contributed by atoms with Crippen LogP contribution in [0.3, 0.4) is 0 Å². The molecule has 6 nitrogen and oxygen atoms in total. The zero-order valence-electron chi connectivity index (χ0n) is 15.1. The number of hydrogen-bond donors (Lipinski definition) is 1. The Morgan fingerprint density at radius 2 is 1.71 bits per heavy atom. The Morgan fingerprint density at radius 3 is 2.46 bits per heavy atom. The molecule has 0 spiro atoms. The summed E-state index contributed by atoms with van der Waals surface area (Å²) in [4.78, 5) is 21.7. The van der Waals surface area contributed by atoms with Crippen molar-refractivity contribution >= 4 is 22.7 Å². The lowest BCUT2D eigenvalue weighted by Gasteiger charge is -2.13. The van der Waals surface area contributed by atoms with Gasteiger partial charge < -0.3 is 9.84 Å². The van der Waals surface area contributed by atoms with Gasteiger partial charge in [-0.15, -0.1) is 0 Å². The van der Waals surface area contributed by atoms with Crippen LogP contribution in [0.25, 0.3) is 16.6 Å². The number of aromatic nitrogens is 2. The molecule has 0 saturated heterocycles. The van der Waals surface area contributed by atoms with Crippen LogP contribution in [-0.2, 0) is 0 Å². The number of hydrogen-bond acceptors (Lipinski definition) is 5. The number of para-hydroxylation sites is 2. The quantitative estimate of drug-likeness (QED) is 0.553. The van der Waals surface area contributed by atoms with E-state index in [1.165, 1.54) is 10.8 Å². The maximum absolute atomic E-state index is 13.0. The SMILES string of the molecule is COc1ccccc1N=Cc1c(O)n(-c2ccccn2)c(=O)c2ccccc12. The summed E-state index contributed by atoms with van der Waals surface area (Å²) in [5, 5.41) is 12.0. The smallest absolute Gasteiger partial charge is 0.267 e. The fourth-order valence-corrected chi connectivity index (χ4v) is 3.06. The van der Waals surface area contributed by atoms with Gasteiger partial charge in [0, 0.05) is 23.2 Å². The molecule has 4 aromatic rings. The summed E-state index contributed by atoms with van der Waals surface area (Å²) in [7, 11) is 1.57. The van der Waals surface area contributed by atoms with E-state index in [1.54, 1.807) is 55.8 Å². The number of ether oxygens (including phenoxy) is 1. The van der Waals surface area contributed by atoms with Crippen molar-refractivity contribution in [3.63, 3.8) is 0 Å². The van der Waals surface area contributed by atoms with Crippen molar-refractivity contribution in [2.75, 3.05) is 7.11 Å². The molecule has 6 heteroatoms. The predicted octanol–water partition coefficient (Wildman–Crippen LogP) is 3.85. The molecule has 0 fully saturated rings. The van der Waals surface area contributed by atoms with Crippen molar-refractivity contribution < 1.29 is 9.84 Å². The summed E-state index contributed by atoms with van der Waals surface area (Å²) in [6.07, 6.45) is 3.10. The third kappa shape index (κ3) is 3.01. The van der Waals surface area contributed by atoms with E-state index in [1.807, 2.05) is 24.3 Å². The average molecular weight is 371 g/mol. The lowest BCUT2D eigenvalue weighted by Crippen LogP contribution is -2.20. The van der Waals surface area contributed by atoms with Crippen molar-refractivity contribution in [1.29, 1.82) is 0 Å². The Labute approximate surface area is 161 Å². The average Bonchev–Trinajstić information content (AvgIpc) is 2.75. The van der Waals surface area contributed by atoms with Gasteiger partial charge in [0.25, 0.3) is 5.56 Å². The number of aliphatic imine (C=N–C) groups is 1. The Balaban J connectivity index is 1.98. The molecule has 0 saturated carbocycles. The second-order valence-electron chi connectivity index (χ2n) is 6.04. The first-order chi connectivity index (χ1) is 13.7. The van der Waals surface area contributed by atoms with E-state index in [0.717, 1.165) is 0 Å². The van der Waals surface area contributed by atoms with E-state index in [-0.39, 0.29) is 11.4 Å². The van der Waals surface area contributed by atoms with E-state index in [4.69, 9.17) is 4.74 Å². The number of methoxy groups -OCH3 is 1. The van der Waals surface area contributed by atoms with E-state index < -0.39 is 0 Å². The molecule has 28 heavy (non-hydrogen) atoms. The first-order valence-electron chi connectivity index (χ1n) is 8.66. The van der Waals surface area contributed by atoms with Gasteiger partial charge in [-0.1, -0.05) is 36.4 Å². The molecule has 1 N–H and O–H groups in total. The van der Waals surface area contributed by atoms with Gasteiger partial charge in [-0.05, 0) is 30.3 Å². The Kier molecular flexibility index (Phi) is 4.60. The van der Waals surface area contributed by atoms with Crippen LogP contribution < -0.4 is 10.3 Å². The van der Waals surface area contributed by atoms with Crippen LogP contribution >= 0.6 is 0 Å². The summed E-state index contributed by atoms with van der Waals surface area (Å²) in [6, 6.07) is 19.6. The molecule has 0 unspecified atom stereocenters. The molecule has 2 aromatic heterocycles. The second-order valence-corrected chi connectivity index (χ2v) is 6.04. The van der Waals surface area contributed by atoms with E-state index in [2.05, 4.69) is 9.98 Å². The summed E-state index contributed by atoms with van der Waals surface area (Å²) < 4.78 is 6.51. The minimum atomic E-state index is -0.346. The third-order valence-electron chi connectivity index (χ3n) is 4.40. The summed E-state index contributed by atoms with van der Waals surface area (Å²) in [5.74, 6) is 0.726. The molecule has 4 rings (SSSR count). The number of fused-ring (bicyclic) bond motifs is 1. The molecular weight excluding hydrogens is 354 g/mol. The van der Waals surface area contributed by atoms with Gasteiger partial charge in [-0.3, -0.25) is 9.79 Å². The summed E-state index contributed by atoms with van der Waals surface area (Å²) in [5.41, 5.74) is 0.692. The molecule has 0 atom stereocenters.